The predicted molar refractivity (Wildman–Crippen MR) is 87.7 cm³/mol. The number of thiophene rings is 1. The highest BCUT2D eigenvalue weighted by molar-refractivity contribution is 7.17. The lowest BCUT2D eigenvalue weighted by molar-refractivity contribution is -0.380. The van der Waals surface area contributed by atoms with Gasteiger partial charge in [-0.25, -0.2) is 0 Å². The topological polar surface area (TPSA) is 90.7 Å². The van der Waals surface area contributed by atoms with Crippen LogP contribution in [0.3, 0.4) is 0 Å². The van der Waals surface area contributed by atoms with Gasteiger partial charge in [-0.3, -0.25) is 14.9 Å². The SMILES string of the molecule is COCCOc1ccc(C(F)(F)F)cc1NC(=O)c1ccc([N+](=O)[O-])s1. The fourth-order valence-electron chi connectivity index (χ4n) is 1.90. The number of ether oxygens (including phenoxy) is 2. The third-order valence-corrected chi connectivity index (χ3v) is 4.13. The lowest BCUT2D eigenvalue weighted by Gasteiger charge is -2.15. The van der Waals surface area contributed by atoms with Crippen LogP contribution in [0.1, 0.15) is 15.2 Å². The van der Waals surface area contributed by atoms with Crippen molar-refractivity contribution in [3.8, 4) is 5.75 Å². The molecule has 140 valence electrons. The molecule has 0 radical (unpaired) electrons. The van der Waals surface area contributed by atoms with Crippen LogP contribution < -0.4 is 10.1 Å². The van der Waals surface area contributed by atoms with E-state index in [1.807, 2.05) is 0 Å². The summed E-state index contributed by atoms with van der Waals surface area (Å²) in [6, 6.07) is 5.01. The van der Waals surface area contributed by atoms with Crippen LogP contribution >= 0.6 is 11.3 Å². The maximum Gasteiger partial charge on any atom is 0.416 e. The molecule has 26 heavy (non-hydrogen) atoms. The van der Waals surface area contributed by atoms with Gasteiger partial charge in [-0.2, -0.15) is 13.2 Å². The second-order valence-corrected chi connectivity index (χ2v) is 5.96. The first-order chi connectivity index (χ1) is 12.2. The van der Waals surface area contributed by atoms with E-state index in [1.54, 1.807) is 0 Å². The van der Waals surface area contributed by atoms with E-state index in [0.717, 1.165) is 24.3 Å². The van der Waals surface area contributed by atoms with Crippen molar-refractivity contribution in [3.05, 3.63) is 50.9 Å². The third kappa shape index (κ3) is 4.92. The number of hydrogen-bond donors (Lipinski definition) is 1. The van der Waals surface area contributed by atoms with Crippen LogP contribution in [0, 0.1) is 10.1 Å². The number of methoxy groups -OCH3 is 1. The molecule has 1 heterocycles. The molecule has 1 aromatic heterocycles. The van der Waals surface area contributed by atoms with E-state index in [2.05, 4.69) is 5.32 Å². The number of carbonyl (C=O) groups excluding carboxylic acids is 1. The minimum absolute atomic E-state index is 0.0167. The number of alkyl halides is 3. The summed E-state index contributed by atoms with van der Waals surface area (Å²) in [6.07, 6.45) is -4.60. The van der Waals surface area contributed by atoms with E-state index in [0.29, 0.717) is 11.3 Å². The second kappa shape index (κ2) is 8.15. The van der Waals surface area contributed by atoms with Crippen molar-refractivity contribution in [2.45, 2.75) is 6.18 Å². The van der Waals surface area contributed by atoms with E-state index < -0.39 is 22.6 Å². The lowest BCUT2D eigenvalue weighted by atomic mass is 10.1. The number of rotatable bonds is 7. The molecule has 7 nitrogen and oxygen atoms in total. The van der Waals surface area contributed by atoms with Gasteiger partial charge >= 0.3 is 11.2 Å². The van der Waals surface area contributed by atoms with Gasteiger partial charge in [-0.1, -0.05) is 11.3 Å². The molecule has 0 aliphatic carbocycles. The molecule has 0 saturated carbocycles. The zero-order valence-electron chi connectivity index (χ0n) is 13.3. The first-order valence-corrected chi connectivity index (χ1v) is 7.92. The molecule has 11 heteroatoms. The molecule has 2 rings (SSSR count). The number of carbonyl (C=O) groups is 1. The quantitative estimate of drug-likeness (QED) is 0.439. The molecule has 0 aliphatic rings. The Morgan fingerprint density at radius 1 is 1.27 bits per heavy atom. The summed E-state index contributed by atoms with van der Waals surface area (Å²) in [5, 5.41) is 12.7. The molecular weight excluding hydrogens is 377 g/mol. The number of amides is 1. The number of hydrogen-bond acceptors (Lipinski definition) is 6. The summed E-state index contributed by atoms with van der Waals surface area (Å²) in [7, 11) is 1.43. The fraction of sp³-hybridized carbons (Fsp3) is 0.267. The number of nitrogens with one attached hydrogen (secondary N) is 1. The highest BCUT2D eigenvalue weighted by Crippen LogP contribution is 2.35. The van der Waals surface area contributed by atoms with Crippen molar-refractivity contribution in [3.63, 3.8) is 0 Å². The van der Waals surface area contributed by atoms with Gasteiger partial charge in [0.1, 0.15) is 12.4 Å². The van der Waals surface area contributed by atoms with E-state index in [-0.39, 0.29) is 34.5 Å². The van der Waals surface area contributed by atoms with Crippen LogP contribution in [0.15, 0.2) is 30.3 Å². The Labute approximate surface area is 149 Å². The van der Waals surface area contributed by atoms with Gasteiger partial charge in [0.25, 0.3) is 5.91 Å². The van der Waals surface area contributed by atoms with E-state index in [9.17, 15) is 28.1 Å². The Morgan fingerprint density at radius 3 is 2.58 bits per heavy atom. The lowest BCUT2D eigenvalue weighted by Crippen LogP contribution is -2.14. The summed E-state index contributed by atoms with van der Waals surface area (Å²) in [6.45, 7) is 0.265. The van der Waals surface area contributed by atoms with Gasteiger partial charge in [0.05, 0.1) is 27.7 Å². The molecule has 0 atom stereocenters. The number of halogens is 3. The summed E-state index contributed by atoms with van der Waals surface area (Å²) < 4.78 is 48.9. The Hall–Kier alpha value is -2.66. The summed E-state index contributed by atoms with van der Waals surface area (Å²) >= 11 is 0.611. The van der Waals surface area contributed by atoms with Crippen LogP contribution in [0.4, 0.5) is 23.9 Å². The molecule has 0 aliphatic heterocycles. The zero-order chi connectivity index (χ0) is 19.3. The molecule has 0 spiro atoms. The molecule has 2 aromatic rings. The summed E-state index contributed by atoms with van der Waals surface area (Å²) in [4.78, 5) is 22.2. The van der Waals surface area contributed by atoms with Crippen LogP contribution in [0.2, 0.25) is 0 Å². The second-order valence-electron chi connectivity index (χ2n) is 4.90. The predicted octanol–water partition coefficient (Wildman–Crippen LogP) is 3.95. The molecule has 0 saturated heterocycles. The molecule has 0 fully saturated rings. The number of nitrogens with zero attached hydrogens (tertiary/aromatic N) is 1. The Morgan fingerprint density at radius 2 is 2.00 bits per heavy atom. The van der Waals surface area contributed by atoms with Gasteiger partial charge in [0.2, 0.25) is 0 Å². The molecule has 0 bridgehead atoms. The highest BCUT2D eigenvalue weighted by Gasteiger charge is 2.31. The fourth-order valence-corrected chi connectivity index (χ4v) is 2.61. The third-order valence-electron chi connectivity index (χ3n) is 3.10. The normalized spacial score (nSPS) is 11.2. The van der Waals surface area contributed by atoms with Crippen LogP contribution in [0.5, 0.6) is 5.75 Å². The molecule has 0 unspecified atom stereocenters. The summed E-state index contributed by atoms with van der Waals surface area (Å²) in [5.74, 6) is -0.756. The molecular formula is C15H13F3N2O5S. The Bertz CT molecular complexity index is 807. The maximum absolute atomic E-state index is 12.9. The van der Waals surface area contributed by atoms with Crippen molar-refractivity contribution >= 4 is 27.9 Å². The van der Waals surface area contributed by atoms with Crippen molar-refractivity contribution in [1.82, 2.24) is 0 Å². The first kappa shape index (κ1) is 19.7. The van der Waals surface area contributed by atoms with Crippen LogP contribution in [0.25, 0.3) is 0 Å². The van der Waals surface area contributed by atoms with E-state index >= 15 is 0 Å². The van der Waals surface area contributed by atoms with Gasteiger partial charge in [-0.15, -0.1) is 0 Å². The number of nitro groups is 1. The van der Waals surface area contributed by atoms with Crippen molar-refractivity contribution in [1.29, 1.82) is 0 Å². The zero-order valence-corrected chi connectivity index (χ0v) is 14.1. The largest absolute Gasteiger partial charge is 0.489 e. The van der Waals surface area contributed by atoms with Crippen molar-refractivity contribution < 1.29 is 32.4 Å². The average molecular weight is 390 g/mol. The number of benzene rings is 1. The smallest absolute Gasteiger partial charge is 0.416 e. The van der Waals surface area contributed by atoms with Crippen molar-refractivity contribution in [2.24, 2.45) is 0 Å². The van der Waals surface area contributed by atoms with E-state index in [4.69, 9.17) is 9.47 Å². The first-order valence-electron chi connectivity index (χ1n) is 7.11. The molecule has 1 amide bonds. The Kier molecular flexibility index (Phi) is 6.16. The Balaban J connectivity index is 2.27. The molecule has 1 aromatic carbocycles. The molecule has 1 N–H and O–H groups in total. The standard InChI is InChI=1S/C15H13F3N2O5S/c1-24-6-7-25-11-3-2-9(15(16,17)18)8-10(11)19-14(21)12-4-5-13(26-12)20(22)23/h2-5,8H,6-7H2,1H3,(H,19,21). The van der Waals surface area contributed by atoms with Crippen molar-refractivity contribution in [2.75, 3.05) is 25.6 Å². The van der Waals surface area contributed by atoms with Gasteiger partial charge in [0.15, 0.2) is 0 Å². The summed E-state index contributed by atoms with van der Waals surface area (Å²) in [5.41, 5.74) is -1.17. The monoisotopic (exact) mass is 390 g/mol. The van der Waals surface area contributed by atoms with Gasteiger partial charge in [0, 0.05) is 13.2 Å². The van der Waals surface area contributed by atoms with Crippen LogP contribution in [-0.2, 0) is 10.9 Å². The highest BCUT2D eigenvalue weighted by atomic mass is 32.1. The minimum Gasteiger partial charge on any atom is -0.489 e. The van der Waals surface area contributed by atoms with E-state index in [1.165, 1.54) is 13.2 Å². The van der Waals surface area contributed by atoms with Gasteiger partial charge < -0.3 is 14.8 Å². The minimum atomic E-state index is -4.60. The average Bonchev–Trinajstić information content (AvgIpc) is 3.06. The number of anilines is 1. The maximum atomic E-state index is 12.9. The van der Waals surface area contributed by atoms with Crippen LogP contribution in [-0.4, -0.2) is 31.2 Å². The van der Waals surface area contributed by atoms with Gasteiger partial charge in [-0.05, 0) is 24.3 Å².